The summed E-state index contributed by atoms with van der Waals surface area (Å²) in [7, 11) is 3.47. The van der Waals surface area contributed by atoms with Crippen molar-refractivity contribution in [2.24, 2.45) is 0 Å². The Hall–Kier alpha value is -2.66. The fourth-order valence-corrected chi connectivity index (χ4v) is 4.80. The number of aryl methyl sites for hydroxylation is 5. The Morgan fingerprint density at radius 1 is 0.595 bits per heavy atom. The quantitative estimate of drug-likeness (QED) is 0.201. The summed E-state index contributed by atoms with van der Waals surface area (Å²) >= 11 is 0. The topological polar surface area (TPSA) is 36.9 Å². The molecule has 37 heavy (non-hydrogen) atoms. The largest absolute Gasteiger partial charge is 0.491 e. The molecule has 0 aromatic heterocycles. The minimum absolute atomic E-state index is 0.540. The molecule has 0 spiro atoms. The van der Waals surface area contributed by atoms with E-state index in [-0.39, 0.29) is 0 Å². The average molecular weight is 505 g/mol. The predicted molar refractivity (Wildman–Crippen MR) is 154 cm³/mol. The minimum Gasteiger partial charge on any atom is -0.491 e. The molecule has 0 unspecified atom stereocenters. The van der Waals surface area contributed by atoms with Gasteiger partial charge in [0.15, 0.2) is 0 Å². The lowest BCUT2D eigenvalue weighted by molar-refractivity contribution is 0.145. The molecule has 3 aromatic carbocycles. The van der Waals surface area contributed by atoms with Gasteiger partial charge in [-0.1, -0.05) is 42.0 Å². The standard InChI is InChI=1S/C33H44O4/c1-7-36-17-9-10-27-14-12-24(2)20-32(27)33-21-26(4)30(22-28(33)11-8-16-34-5)31-23-29(15-13-25(31)3)37-19-18-35-6/h12-15,20-23H,7-11,16-19H2,1-6H3. The van der Waals surface area contributed by atoms with E-state index in [1.807, 2.05) is 6.07 Å². The van der Waals surface area contributed by atoms with E-state index in [1.165, 1.54) is 50.1 Å². The molecule has 0 bridgehead atoms. The van der Waals surface area contributed by atoms with Gasteiger partial charge >= 0.3 is 0 Å². The zero-order chi connectivity index (χ0) is 26.6. The summed E-state index contributed by atoms with van der Waals surface area (Å²) in [6.45, 7) is 12.0. The van der Waals surface area contributed by atoms with Crippen molar-refractivity contribution in [1.29, 1.82) is 0 Å². The van der Waals surface area contributed by atoms with Crippen LogP contribution in [0.4, 0.5) is 0 Å². The zero-order valence-corrected chi connectivity index (χ0v) is 23.6. The minimum atomic E-state index is 0.540. The number of benzene rings is 3. The molecule has 3 aromatic rings. The molecule has 0 atom stereocenters. The second-order valence-corrected chi connectivity index (χ2v) is 9.70. The molecule has 0 radical (unpaired) electrons. The highest BCUT2D eigenvalue weighted by molar-refractivity contribution is 5.80. The molecular formula is C33H44O4. The molecule has 0 heterocycles. The highest BCUT2D eigenvalue weighted by Crippen LogP contribution is 2.37. The molecule has 0 fully saturated rings. The molecule has 200 valence electrons. The Morgan fingerprint density at radius 2 is 1.30 bits per heavy atom. The summed E-state index contributed by atoms with van der Waals surface area (Å²) in [5.41, 5.74) is 11.7. The van der Waals surface area contributed by atoms with Crippen molar-refractivity contribution in [3.8, 4) is 28.0 Å². The number of hydrogen-bond donors (Lipinski definition) is 0. The molecule has 0 aliphatic carbocycles. The van der Waals surface area contributed by atoms with E-state index in [4.69, 9.17) is 18.9 Å². The molecule has 0 saturated carbocycles. The van der Waals surface area contributed by atoms with Crippen LogP contribution in [0.3, 0.4) is 0 Å². The van der Waals surface area contributed by atoms with Crippen LogP contribution in [-0.4, -0.2) is 47.3 Å². The summed E-state index contributed by atoms with van der Waals surface area (Å²) in [6, 6.07) is 18.0. The smallest absolute Gasteiger partial charge is 0.120 e. The Balaban J connectivity index is 2.06. The van der Waals surface area contributed by atoms with Gasteiger partial charge < -0.3 is 18.9 Å². The third-order valence-corrected chi connectivity index (χ3v) is 6.79. The Kier molecular flexibility index (Phi) is 11.7. The fraction of sp³-hybridized carbons (Fsp3) is 0.455. The second-order valence-electron chi connectivity index (χ2n) is 9.70. The maximum atomic E-state index is 5.94. The summed E-state index contributed by atoms with van der Waals surface area (Å²) in [5.74, 6) is 0.873. The summed E-state index contributed by atoms with van der Waals surface area (Å²) in [4.78, 5) is 0. The van der Waals surface area contributed by atoms with Crippen molar-refractivity contribution in [3.63, 3.8) is 0 Å². The lowest BCUT2D eigenvalue weighted by atomic mass is 9.85. The van der Waals surface area contributed by atoms with Gasteiger partial charge in [-0.3, -0.25) is 0 Å². The van der Waals surface area contributed by atoms with Gasteiger partial charge in [-0.25, -0.2) is 0 Å². The van der Waals surface area contributed by atoms with E-state index in [2.05, 4.69) is 70.2 Å². The molecule has 0 aliphatic rings. The monoisotopic (exact) mass is 504 g/mol. The van der Waals surface area contributed by atoms with Gasteiger partial charge in [0.25, 0.3) is 0 Å². The van der Waals surface area contributed by atoms with Crippen LogP contribution in [0.5, 0.6) is 5.75 Å². The van der Waals surface area contributed by atoms with Crippen molar-refractivity contribution < 1.29 is 18.9 Å². The van der Waals surface area contributed by atoms with Crippen LogP contribution >= 0.6 is 0 Å². The molecule has 0 aliphatic heterocycles. The third-order valence-electron chi connectivity index (χ3n) is 6.79. The Morgan fingerprint density at radius 3 is 2.05 bits per heavy atom. The van der Waals surface area contributed by atoms with Crippen molar-refractivity contribution >= 4 is 0 Å². The van der Waals surface area contributed by atoms with Crippen LogP contribution in [0.1, 0.15) is 47.6 Å². The first-order chi connectivity index (χ1) is 18.0. The fourth-order valence-electron chi connectivity index (χ4n) is 4.80. The van der Waals surface area contributed by atoms with Crippen LogP contribution in [-0.2, 0) is 27.1 Å². The predicted octanol–water partition coefficient (Wildman–Crippen LogP) is 7.52. The number of hydrogen-bond acceptors (Lipinski definition) is 4. The Labute approximate surface area is 223 Å². The van der Waals surface area contributed by atoms with Gasteiger partial charge in [-0.2, -0.15) is 0 Å². The number of methoxy groups -OCH3 is 2. The zero-order valence-electron chi connectivity index (χ0n) is 23.6. The molecule has 0 saturated heterocycles. The van der Waals surface area contributed by atoms with E-state index in [0.29, 0.717) is 13.2 Å². The van der Waals surface area contributed by atoms with Gasteiger partial charge in [0.1, 0.15) is 12.4 Å². The van der Waals surface area contributed by atoms with Gasteiger partial charge in [-0.15, -0.1) is 0 Å². The molecule has 4 heteroatoms. The lowest BCUT2D eigenvalue weighted by Crippen LogP contribution is -2.04. The summed E-state index contributed by atoms with van der Waals surface area (Å²) in [5, 5.41) is 0. The first-order valence-electron chi connectivity index (χ1n) is 13.5. The van der Waals surface area contributed by atoms with Crippen molar-refractivity contribution in [3.05, 3.63) is 76.3 Å². The van der Waals surface area contributed by atoms with Gasteiger partial charge in [-0.05, 0) is 110 Å². The molecule has 0 N–H and O–H groups in total. The van der Waals surface area contributed by atoms with Crippen LogP contribution in [0, 0.1) is 20.8 Å². The van der Waals surface area contributed by atoms with Crippen molar-refractivity contribution in [2.75, 3.05) is 47.3 Å². The number of rotatable bonds is 15. The highest BCUT2D eigenvalue weighted by Gasteiger charge is 2.16. The molecule has 4 nitrogen and oxygen atoms in total. The van der Waals surface area contributed by atoms with E-state index < -0.39 is 0 Å². The first-order valence-corrected chi connectivity index (χ1v) is 13.5. The lowest BCUT2D eigenvalue weighted by Gasteiger charge is -2.20. The van der Waals surface area contributed by atoms with Crippen LogP contribution < -0.4 is 4.74 Å². The number of ether oxygens (including phenoxy) is 4. The van der Waals surface area contributed by atoms with E-state index >= 15 is 0 Å². The van der Waals surface area contributed by atoms with Crippen LogP contribution in [0.15, 0.2) is 48.5 Å². The SMILES string of the molecule is CCOCCCc1ccc(C)cc1-c1cc(C)c(-c2cc(OCCOC)ccc2C)cc1CCCOC. The van der Waals surface area contributed by atoms with Gasteiger partial charge in [0.2, 0.25) is 0 Å². The van der Waals surface area contributed by atoms with Gasteiger partial charge in [0, 0.05) is 34.0 Å². The van der Waals surface area contributed by atoms with Crippen molar-refractivity contribution in [2.45, 2.75) is 53.4 Å². The second kappa shape index (κ2) is 14.9. The highest BCUT2D eigenvalue weighted by atomic mass is 16.5. The third kappa shape index (κ3) is 8.16. The van der Waals surface area contributed by atoms with Gasteiger partial charge in [0.05, 0.1) is 6.61 Å². The summed E-state index contributed by atoms with van der Waals surface area (Å²) in [6.07, 6.45) is 3.98. The Bertz CT molecular complexity index is 1140. The van der Waals surface area contributed by atoms with E-state index in [0.717, 1.165) is 51.3 Å². The average Bonchev–Trinajstić information content (AvgIpc) is 2.89. The van der Waals surface area contributed by atoms with Crippen LogP contribution in [0.25, 0.3) is 22.3 Å². The maximum absolute atomic E-state index is 5.94. The van der Waals surface area contributed by atoms with Crippen LogP contribution in [0.2, 0.25) is 0 Å². The van der Waals surface area contributed by atoms with Crippen molar-refractivity contribution in [1.82, 2.24) is 0 Å². The van der Waals surface area contributed by atoms with E-state index in [9.17, 15) is 0 Å². The normalized spacial score (nSPS) is 11.2. The maximum Gasteiger partial charge on any atom is 0.120 e. The first kappa shape index (κ1) is 28.9. The molecule has 3 rings (SSSR count). The van der Waals surface area contributed by atoms with E-state index in [1.54, 1.807) is 14.2 Å². The summed E-state index contributed by atoms with van der Waals surface area (Å²) < 4.78 is 22.1. The molecule has 0 amide bonds. The molecular weight excluding hydrogens is 460 g/mol.